The van der Waals surface area contributed by atoms with Crippen molar-refractivity contribution < 1.29 is 9.52 Å². The van der Waals surface area contributed by atoms with Crippen LogP contribution < -0.4 is 5.32 Å². The number of thiazole rings is 1. The van der Waals surface area contributed by atoms with Crippen LogP contribution in [-0.4, -0.2) is 22.7 Å². The third-order valence-corrected chi connectivity index (χ3v) is 4.19. The van der Waals surface area contributed by atoms with Crippen LogP contribution in [-0.2, 0) is 13.0 Å². The molecule has 0 aliphatic heterocycles. The Hall–Kier alpha value is -1.95. The monoisotopic (exact) mass is 314 g/mol. The van der Waals surface area contributed by atoms with Crippen molar-refractivity contribution in [1.82, 2.24) is 10.3 Å². The molecule has 3 rings (SSSR count). The Kier molecular flexibility index (Phi) is 5.00. The van der Waals surface area contributed by atoms with Gasteiger partial charge in [0.25, 0.3) is 0 Å². The molecule has 1 atom stereocenters. The molecular formula is C17H18N2O2S. The van der Waals surface area contributed by atoms with Gasteiger partial charge in [-0.15, -0.1) is 11.3 Å². The highest BCUT2D eigenvalue weighted by Gasteiger charge is 2.08. The second-order valence-corrected chi connectivity index (χ2v) is 5.95. The van der Waals surface area contributed by atoms with Gasteiger partial charge in [0.1, 0.15) is 0 Å². The number of aromatic nitrogens is 1. The Morgan fingerprint density at radius 3 is 2.82 bits per heavy atom. The van der Waals surface area contributed by atoms with Crippen LogP contribution in [0.15, 0.2) is 58.5 Å². The summed E-state index contributed by atoms with van der Waals surface area (Å²) in [5.41, 5.74) is 2.11. The standard InChI is InChI=1S/C17H18N2O2S/c20-15(9-13-5-2-1-3-6-13)11-18-10-14-12-22-17(19-14)16-7-4-8-21-16/h1-8,12,15,18,20H,9-11H2. The van der Waals surface area contributed by atoms with Crippen molar-refractivity contribution in [3.63, 3.8) is 0 Å². The molecular weight excluding hydrogens is 296 g/mol. The summed E-state index contributed by atoms with van der Waals surface area (Å²) in [6, 6.07) is 13.8. The molecule has 0 fully saturated rings. The van der Waals surface area contributed by atoms with Crippen LogP contribution >= 0.6 is 11.3 Å². The van der Waals surface area contributed by atoms with E-state index < -0.39 is 6.10 Å². The lowest BCUT2D eigenvalue weighted by Crippen LogP contribution is -2.28. The average Bonchev–Trinajstić information content (AvgIpc) is 3.19. The summed E-state index contributed by atoms with van der Waals surface area (Å²) in [4.78, 5) is 4.51. The fourth-order valence-electron chi connectivity index (χ4n) is 2.23. The maximum absolute atomic E-state index is 10.0. The number of hydrogen-bond donors (Lipinski definition) is 2. The SMILES string of the molecule is OC(CNCc1csc(-c2ccco2)n1)Cc1ccccc1. The lowest BCUT2D eigenvalue weighted by Gasteiger charge is -2.11. The highest BCUT2D eigenvalue weighted by atomic mass is 32.1. The lowest BCUT2D eigenvalue weighted by atomic mass is 10.1. The minimum Gasteiger partial charge on any atom is -0.462 e. The van der Waals surface area contributed by atoms with Gasteiger partial charge in [-0.2, -0.15) is 0 Å². The number of aliphatic hydroxyl groups is 1. The first kappa shape index (κ1) is 15.0. The van der Waals surface area contributed by atoms with Crippen LogP contribution in [0.25, 0.3) is 10.8 Å². The van der Waals surface area contributed by atoms with E-state index >= 15 is 0 Å². The zero-order valence-electron chi connectivity index (χ0n) is 12.1. The molecule has 22 heavy (non-hydrogen) atoms. The molecule has 2 N–H and O–H groups in total. The van der Waals surface area contributed by atoms with Gasteiger partial charge < -0.3 is 14.8 Å². The molecule has 0 saturated carbocycles. The van der Waals surface area contributed by atoms with Crippen LogP contribution in [0.1, 0.15) is 11.3 Å². The first-order chi connectivity index (χ1) is 10.8. The Bertz CT molecular complexity index is 680. The second-order valence-electron chi connectivity index (χ2n) is 5.10. The van der Waals surface area contributed by atoms with Gasteiger partial charge in [0.2, 0.25) is 0 Å². The number of benzene rings is 1. The maximum Gasteiger partial charge on any atom is 0.162 e. The quantitative estimate of drug-likeness (QED) is 0.703. The minimum absolute atomic E-state index is 0.398. The van der Waals surface area contributed by atoms with E-state index in [1.807, 2.05) is 47.8 Å². The topological polar surface area (TPSA) is 58.3 Å². The highest BCUT2D eigenvalue weighted by Crippen LogP contribution is 2.23. The summed E-state index contributed by atoms with van der Waals surface area (Å²) in [7, 11) is 0. The van der Waals surface area contributed by atoms with Crippen molar-refractivity contribution in [2.45, 2.75) is 19.1 Å². The van der Waals surface area contributed by atoms with E-state index in [-0.39, 0.29) is 0 Å². The molecule has 0 spiro atoms. The van der Waals surface area contributed by atoms with Crippen molar-refractivity contribution >= 4 is 11.3 Å². The summed E-state index contributed by atoms with van der Waals surface area (Å²) in [6.45, 7) is 1.19. The molecule has 0 aliphatic carbocycles. The van der Waals surface area contributed by atoms with Crippen LogP contribution in [0.2, 0.25) is 0 Å². The number of hydrogen-bond acceptors (Lipinski definition) is 5. The molecule has 4 nitrogen and oxygen atoms in total. The lowest BCUT2D eigenvalue weighted by molar-refractivity contribution is 0.171. The number of furan rings is 1. The van der Waals surface area contributed by atoms with Crippen molar-refractivity contribution in [3.05, 3.63) is 65.4 Å². The van der Waals surface area contributed by atoms with Crippen molar-refractivity contribution in [1.29, 1.82) is 0 Å². The fourth-order valence-corrected chi connectivity index (χ4v) is 3.01. The summed E-state index contributed by atoms with van der Waals surface area (Å²) in [5.74, 6) is 0.792. The normalized spacial score (nSPS) is 12.4. The average molecular weight is 314 g/mol. The predicted molar refractivity (Wildman–Crippen MR) is 87.7 cm³/mol. The van der Waals surface area contributed by atoms with Gasteiger partial charge in [-0.25, -0.2) is 4.98 Å². The Labute approximate surface area is 133 Å². The van der Waals surface area contributed by atoms with E-state index in [0.29, 0.717) is 19.5 Å². The van der Waals surface area contributed by atoms with E-state index in [2.05, 4.69) is 10.3 Å². The largest absolute Gasteiger partial charge is 0.462 e. The van der Waals surface area contributed by atoms with Crippen LogP contribution in [0, 0.1) is 0 Å². The molecule has 1 aromatic carbocycles. The van der Waals surface area contributed by atoms with Gasteiger partial charge in [-0.05, 0) is 24.1 Å². The van der Waals surface area contributed by atoms with E-state index in [0.717, 1.165) is 22.0 Å². The van der Waals surface area contributed by atoms with Crippen LogP contribution in [0.5, 0.6) is 0 Å². The molecule has 5 heteroatoms. The molecule has 0 bridgehead atoms. The van der Waals surface area contributed by atoms with Gasteiger partial charge in [-0.1, -0.05) is 30.3 Å². The van der Waals surface area contributed by atoms with Gasteiger partial charge in [0.05, 0.1) is 18.1 Å². The molecule has 0 amide bonds. The number of rotatable bonds is 7. The first-order valence-electron chi connectivity index (χ1n) is 7.22. The fraction of sp³-hybridized carbons (Fsp3) is 0.235. The summed E-state index contributed by atoms with van der Waals surface area (Å²) in [5, 5.41) is 16.2. The minimum atomic E-state index is -0.398. The smallest absolute Gasteiger partial charge is 0.162 e. The number of aliphatic hydroxyl groups excluding tert-OH is 1. The van der Waals surface area contributed by atoms with E-state index in [4.69, 9.17) is 4.42 Å². The van der Waals surface area contributed by atoms with E-state index in [9.17, 15) is 5.11 Å². The van der Waals surface area contributed by atoms with E-state index in [1.165, 1.54) is 0 Å². The molecule has 2 aromatic heterocycles. The summed E-state index contributed by atoms with van der Waals surface area (Å²) < 4.78 is 5.33. The Balaban J connectivity index is 1.45. The molecule has 114 valence electrons. The van der Waals surface area contributed by atoms with Crippen molar-refractivity contribution in [2.75, 3.05) is 6.54 Å². The first-order valence-corrected chi connectivity index (χ1v) is 8.10. The third-order valence-electron chi connectivity index (χ3n) is 3.28. The van der Waals surface area contributed by atoms with Gasteiger partial charge in [-0.3, -0.25) is 0 Å². The highest BCUT2D eigenvalue weighted by molar-refractivity contribution is 7.13. The zero-order valence-corrected chi connectivity index (χ0v) is 12.9. The number of nitrogens with one attached hydrogen (secondary N) is 1. The second kappa shape index (κ2) is 7.35. The van der Waals surface area contributed by atoms with Crippen molar-refractivity contribution in [3.8, 4) is 10.8 Å². The van der Waals surface area contributed by atoms with Gasteiger partial charge >= 0.3 is 0 Å². The zero-order chi connectivity index (χ0) is 15.2. The van der Waals surface area contributed by atoms with Gasteiger partial charge in [0.15, 0.2) is 10.8 Å². The van der Waals surface area contributed by atoms with Crippen LogP contribution in [0.4, 0.5) is 0 Å². The summed E-state index contributed by atoms with van der Waals surface area (Å²) in [6.07, 6.45) is 1.91. The third kappa shape index (κ3) is 4.04. The molecule has 3 aromatic rings. The van der Waals surface area contributed by atoms with Gasteiger partial charge in [0, 0.05) is 18.5 Å². The molecule has 2 heterocycles. The number of nitrogens with zero attached hydrogens (tertiary/aromatic N) is 1. The predicted octanol–water partition coefficient (Wildman–Crippen LogP) is 3.10. The molecule has 0 saturated heterocycles. The Morgan fingerprint density at radius 1 is 1.18 bits per heavy atom. The van der Waals surface area contributed by atoms with Crippen molar-refractivity contribution in [2.24, 2.45) is 0 Å². The maximum atomic E-state index is 10.0. The molecule has 0 radical (unpaired) electrons. The van der Waals surface area contributed by atoms with E-state index in [1.54, 1.807) is 17.6 Å². The van der Waals surface area contributed by atoms with Crippen LogP contribution in [0.3, 0.4) is 0 Å². The molecule has 1 unspecified atom stereocenters. The Morgan fingerprint density at radius 2 is 2.05 bits per heavy atom. The summed E-state index contributed by atoms with van der Waals surface area (Å²) >= 11 is 1.56. The molecule has 0 aliphatic rings.